The summed E-state index contributed by atoms with van der Waals surface area (Å²) in [5.74, 6) is 0. The van der Waals surface area contributed by atoms with Crippen LogP contribution in [0.15, 0.2) is 83.2 Å². The van der Waals surface area contributed by atoms with Gasteiger partial charge in [-0.15, -0.1) is 0 Å². The van der Waals surface area contributed by atoms with Crippen LogP contribution in [0.3, 0.4) is 0 Å². The lowest BCUT2D eigenvalue weighted by molar-refractivity contribution is 0.0465. The maximum absolute atomic E-state index is 2.92. The van der Waals surface area contributed by atoms with Gasteiger partial charge in [-0.2, -0.15) is 0 Å². The number of aryl methyl sites for hydroxylation is 2. The Morgan fingerprint density at radius 2 is 0.712 bits per heavy atom. The maximum atomic E-state index is 2.81. The average Bonchev–Trinajstić information content (AvgIpc) is 3.74. The normalized spacial score (nSPS) is 16.4. The Morgan fingerprint density at radius 1 is 0.407 bits per heavy atom. The van der Waals surface area contributed by atoms with Gasteiger partial charge < -0.3 is 0 Å². The molecule has 0 fully saturated rings. The van der Waals surface area contributed by atoms with Crippen molar-refractivity contribution in [1.82, 2.24) is 0 Å². The van der Waals surface area contributed by atoms with Crippen LogP contribution in [0.5, 0.6) is 0 Å². The van der Waals surface area contributed by atoms with Crippen molar-refractivity contribution in [3.05, 3.63) is 128 Å². The maximum Gasteiger partial charge on any atom is 0.117 e. The summed E-state index contributed by atoms with van der Waals surface area (Å²) in [5.41, 5.74) is 17.9. The van der Waals surface area contributed by atoms with Crippen molar-refractivity contribution in [2.45, 2.75) is 162 Å². The summed E-state index contributed by atoms with van der Waals surface area (Å²) in [6, 6.07) is 28.2. The molecule has 1 heteroatoms. The molecule has 0 heterocycles. The summed E-state index contributed by atoms with van der Waals surface area (Å²) in [6.45, 7) is 50.8. The van der Waals surface area contributed by atoms with Crippen molar-refractivity contribution in [3.63, 3.8) is 0 Å². The molecule has 0 radical (unpaired) electrons. The minimum atomic E-state index is -2.92. The molecule has 4 aromatic rings. The van der Waals surface area contributed by atoms with Gasteiger partial charge in [-0.25, -0.2) is 0 Å². The van der Waals surface area contributed by atoms with E-state index in [0.717, 1.165) is 12.8 Å². The van der Waals surface area contributed by atoms with Gasteiger partial charge in [0.25, 0.3) is 0 Å². The molecule has 316 valence electrons. The zero-order chi connectivity index (χ0) is 44.1. The van der Waals surface area contributed by atoms with Crippen molar-refractivity contribution in [2.24, 2.45) is 32.5 Å². The fraction of sp³-hybridized carbons (Fsp3) is 0.517. The number of benzene rings is 4. The summed E-state index contributed by atoms with van der Waals surface area (Å²) in [6.07, 6.45) is 7.67. The van der Waals surface area contributed by atoms with Gasteiger partial charge in [0, 0.05) is 0 Å². The molecule has 6 rings (SSSR count). The molecule has 0 nitrogen and oxygen atoms in total. The minimum absolute atomic E-state index is 0.00785. The largest absolute Gasteiger partial charge is 0.117 e. The standard InChI is InChI=1S/C58H80Si/c1-37-25-21-29-45(39(37)3)47-31-23-27-41-33-43(35-49(41)47)59(51(53(5,6)7)57(17,18)55(11,12)13,52(54(8,9)10)58(19,20)56(14,15)16)44-34-42-28-24-32-48(50(42)36-44)46-30-22-26-38(2)40(46)4/h21-32,35-36,51-52H,33-34H2,1-20H3. The van der Waals surface area contributed by atoms with Crippen LogP contribution in [0.1, 0.15) is 155 Å². The SMILES string of the molecule is Cc1cccc(-c2cccc3c2C=C([Si](C2=Cc4c(cccc4-c4cccc(C)c4C)C2)(C(C(C)(C)C)C(C)(C)C(C)(C)C)C(C(C)(C)C)C(C)(C)C(C)(C)C)C3)c1C. The molecule has 0 bridgehead atoms. The van der Waals surface area contributed by atoms with Crippen molar-refractivity contribution in [1.29, 1.82) is 0 Å². The third-order valence-electron chi connectivity index (χ3n) is 16.6. The zero-order valence-corrected chi connectivity index (χ0v) is 42.2. The first-order valence-electron chi connectivity index (χ1n) is 22.8. The predicted octanol–water partition coefficient (Wildman–Crippen LogP) is 17.3. The van der Waals surface area contributed by atoms with Gasteiger partial charge in [0.15, 0.2) is 0 Å². The first-order chi connectivity index (χ1) is 27.0. The lowest BCUT2D eigenvalue weighted by Crippen LogP contribution is -2.65. The van der Waals surface area contributed by atoms with E-state index in [0.29, 0.717) is 11.1 Å². The Bertz CT molecular complexity index is 2140. The number of hydrogen-bond donors (Lipinski definition) is 0. The molecule has 0 aromatic heterocycles. The molecule has 0 spiro atoms. The van der Waals surface area contributed by atoms with Crippen LogP contribution in [0.4, 0.5) is 0 Å². The van der Waals surface area contributed by atoms with Gasteiger partial charge in [-0.3, -0.25) is 0 Å². The smallest absolute Gasteiger partial charge is 0.0703 e. The highest BCUT2D eigenvalue weighted by atomic mass is 28.3. The minimum Gasteiger partial charge on any atom is -0.0703 e. The first-order valence-corrected chi connectivity index (χ1v) is 24.9. The highest BCUT2D eigenvalue weighted by Crippen LogP contribution is 2.72. The van der Waals surface area contributed by atoms with Gasteiger partial charge in [-0.05, 0) is 151 Å². The van der Waals surface area contributed by atoms with Crippen LogP contribution in [0, 0.1) is 60.2 Å². The molecule has 2 atom stereocenters. The van der Waals surface area contributed by atoms with E-state index in [-0.39, 0.29) is 32.5 Å². The first kappa shape index (κ1) is 45.1. The second kappa shape index (κ2) is 14.9. The van der Waals surface area contributed by atoms with E-state index in [1.165, 1.54) is 66.8 Å². The Kier molecular flexibility index (Phi) is 11.4. The highest BCUT2D eigenvalue weighted by Gasteiger charge is 2.68. The molecule has 0 saturated carbocycles. The molecular weight excluding hydrogens is 725 g/mol. The Labute approximate surface area is 363 Å². The third-order valence-corrected chi connectivity index (χ3v) is 24.4. The quantitative estimate of drug-likeness (QED) is 0.156. The van der Waals surface area contributed by atoms with Gasteiger partial charge in [0.1, 0.15) is 8.07 Å². The molecule has 2 unspecified atom stereocenters. The molecule has 0 N–H and O–H groups in total. The number of fused-ring (bicyclic) bond motifs is 2. The zero-order valence-electron chi connectivity index (χ0n) is 41.2. The number of hydrogen-bond acceptors (Lipinski definition) is 0. The van der Waals surface area contributed by atoms with Crippen molar-refractivity contribution >= 4 is 20.2 Å². The summed E-state index contributed by atoms with van der Waals surface area (Å²) < 4.78 is 0. The Morgan fingerprint density at radius 3 is 1.02 bits per heavy atom. The Hall–Kier alpha value is -3.42. The van der Waals surface area contributed by atoms with Gasteiger partial charge in [0.2, 0.25) is 0 Å². The lowest BCUT2D eigenvalue weighted by atomic mass is 9.61. The van der Waals surface area contributed by atoms with Crippen LogP contribution in [0.25, 0.3) is 34.4 Å². The summed E-state index contributed by atoms with van der Waals surface area (Å²) >= 11 is 0. The average molecular weight is 805 g/mol. The number of rotatable bonds is 8. The van der Waals surface area contributed by atoms with E-state index in [4.69, 9.17) is 0 Å². The molecule has 0 saturated heterocycles. The van der Waals surface area contributed by atoms with E-state index in [9.17, 15) is 0 Å². The van der Waals surface area contributed by atoms with Gasteiger partial charge in [-0.1, -0.05) is 206 Å². The van der Waals surface area contributed by atoms with Crippen molar-refractivity contribution in [2.75, 3.05) is 0 Å². The van der Waals surface area contributed by atoms with Crippen molar-refractivity contribution < 1.29 is 0 Å². The molecule has 2 aliphatic carbocycles. The van der Waals surface area contributed by atoms with E-state index in [1.54, 1.807) is 10.4 Å². The predicted molar refractivity (Wildman–Crippen MR) is 265 cm³/mol. The molecule has 4 aromatic carbocycles. The van der Waals surface area contributed by atoms with Crippen molar-refractivity contribution in [3.8, 4) is 22.3 Å². The molecular formula is C58H80Si. The third kappa shape index (κ3) is 7.42. The van der Waals surface area contributed by atoms with Crippen LogP contribution in [0.2, 0.25) is 11.1 Å². The molecule has 0 aliphatic heterocycles. The molecule has 0 amide bonds. The van der Waals surface area contributed by atoms with E-state index in [1.807, 2.05) is 0 Å². The fourth-order valence-corrected chi connectivity index (χ4v) is 22.3. The second-order valence-corrected chi connectivity index (χ2v) is 28.5. The van der Waals surface area contributed by atoms with Crippen LogP contribution >= 0.6 is 0 Å². The van der Waals surface area contributed by atoms with Gasteiger partial charge in [0.05, 0.1) is 0 Å². The summed E-state index contributed by atoms with van der Waals surface area (Å²) in [7, 11) is -2.92. The summed E-state index contributed by atoms with van der Waals surface area (Å²) in [4.78, 5) is 0. The fourth-order valence-electron chi connectivity index (χ4n) is 12.5. The summed E-state index contributed by atoms with van der Waals surface area (Å²) in [5, 5.41) is 3.51. The lowest BCUT2D eigenvalue weighted by Gasteiger charge is -2.67. The van der Waals surface area contributed by atoms with Crippen LogP contribution in [-0.4, -0.2) is 8.07 Å². The van der Waals surface area contributed by atoms with Crippen LogP contribution < -0.4 is 0 Å². The van der Waals surface area contributed by atoms with Crippen LogP contribution in [-0.2, 0) is 12.8 Å². The number of allylic oxidation sites excluding steroid dienone is 2. The van der Waals surface area contributed by atoms with Gasteiger partial charge >= 0.3 is 0 Å². The van der Waals surface area contributed by atoms with E-state index in [2.05, 4.69) is 223 Å². The van der Waals surface area contributed by atoms with E-state index < -0.39 is 8.07 Å². The highest BCUT2D eigenvalue weighted by molar-refractivity contribution is 6.96. The molecule has 2 aliphatic rings. The second-order valence-electron chi connectivity index (χ2n) is 24.4. The monoisotopic (exact) mass is 805 g/mol. The molecule has 59 heavy (non-hydrogen) atoms. The topological polar surface area (TPSA) is 0 Å². The Balaban J connectivity index is 1.85. The van der Waals surface area contributed by atoms with E-state index >= 15 is 0 Å².